The van der Waals surface area contributed by atoms with Gasteiger partial charge in [0.1, 0.15) is 31.9 Å². The monoisotopic (exact) mass is 658 g/mol. The Hall–Kier alpha value is -4.94. The molecule has 4 aliphatic rings. The third kappa shape index (κ3) is 7.77. The number of carboxylic acids is 1. The molecule has 0 aliphatic carbocycles. The van der Waals surface area contributed by atoms with Crippen molar-refractivity contribution in [2.75, 3.05) is 13.1 Å². The standard InChI is InChI=1S/C21H22N2O4.C14H16N2O4.CH4/c24-20(26-14-16-7-3-1-4-8-16)19-12-11-18-13-22(19)21(25)23(18)27-15-17-9-5-2-6-10-17;17-13(18)12-7-6-11-8-15(12)14(19)16(11)20-9-10-4-2-1-3-5-10;/h1-10,18-19H,11-15H2;1-5,11-12H,6-9H2,(H,17,18);1H4/t18-,19+;11-,12+;/m11./s1. The highest BCUT2D eigenvalue weighted by Crippen LogP contribution is 2.32. The number of hydrogen-bond acceptors (Lipinski definition) is 7. The predicted molar refractivity (Wildman–Crippen MR) is 175 cm³/mol. The third-order valence-corrected chi connectivity index (χ3v) is 8.85. The van der Waals surface area contributed by atoms with Crippen molar-refractivity contribution in [3.8, 4) is 0 Å². The van der Waals surface area contributed by atoms with Crippen molar-refractivity contribution < 1.29 is 38.7 Å². The minimum absolute atomic E-state index is 0. The SMILES string of the molecule is C.O=C(O)[C@@H]1CC[C@@H]2CN1C(=O)N2OCc1ccccc1.O=C(OCc1ccccc1)[C@@H]1CC[C@@H]2CN1C(=O)N2OCc1ccccc1. The van der Waals surface area contributed by atoms with Crippen LogP contribution in [0.25, 0.3) is 0 Å². The van der Waals surface area contributed by atoms with Crippen molar-refractivity contribution in [3.63, 3.8) is 0 Å². The van der Waals surface area contributed by atoms with Crippen molar-refractivity contribution >= 4 is 24.0 Å². The Morgan fingerprint density at radius 1 is 0.604 bits per heavy atom. The highest BCUT2D eigenvalue weighted by molar-refractivity contribution is 5.86. The van der Waals surface area contributed by atoms with Crippen LogP contribution in [-0.2, 0) is 43.8 Å². The zero-order chi connectivity index (χ0) is 32.8. The minimum Gasteiger partial charge on any atom is -0.480 e. The fourth-order valence-electron chi connectivity index (χ4n) is 6.36. The number of ether oxygens (including phenoxy) is 1. The summed E-state index contributed by atoms with van der Waals surface area (Å²) in [7, 11) is 0. The maximum atomic E-state index is 12.7. The molecule has 4 saturated heterocycles. The highest BCUT2D eigenvalue weighted by atomic mass is 16.7. The number of carbonyl (C=O) groups is 4. The zero-order valence-electron chi connectivity index (χ0n) is 25.9. The first-order chi connectivity index (χ1) is 22.9. The molecule has 4 atom stereocenters. The van der Waals surface area contributed by atoms with E-state index in [1.54, 1.807) is 4.90 Å². The van der Waals surface area contributed by atoms with Crippen LogP contribution in [0.1, 0.15) is 49.8 Å². The summed E-state index contributed by atoms with van der Waals surface area (Å²) in [4.78, 5) is 62.9. The van der Waals surface area contributed by atoms with Gasteiger partial charge in [-0.3, -0.25) is 9.68 Å². The van der Waals surface area contributed by atoms with E-state index in [1.165, 1.54) is 15.0 Å². The summed E-state index contributed by atoms with van der Waals surface area (Å²) in [5, 5.41) is 11.9. The van der Waals surface area contributed by atoms with Gasteiger partial charge in [0.25, 0.3) is 0 Å². The summed E-state index contributed by atoms with van der Waals surface area (Å²) >= 11 is 0. The highest BCUT2D eigenvalue weighted by Gasteiger charge is 2.49. The van der Waals surface area contributed by atoms with Gasteiger partial charge < -0.3 is 19.6 Å². The van der Waals surface area contributed by atoms with Crippen LogP contribution in [0.4, 0.5) is 9.59 Å². The number of fused-ring (bicyclic) bond motifs is 4. The average molecular weight is 659 g/mol. The molecule has 3 aromatic carbocycles. The molecule has 0 unspecified atom stereocenters. The molecular weight excluding hydrogens is 616 g/mol. The van der Waals surface area contributed by atoms with E-state index >= 15 is 0 Å². The minimum atomic E-state index is -0.943. The van der Waals surface area contributed by atoms with Gasteiger partial charge in [0.15, 0.2) is 0 Å². The molecule has 4 heterocycles. The van der Waals surface area contributed by atoms with Gasteiger partial charge in [0.2, 0.25) is 0 Å². The van der Waals surface area contributed by atoms with E-state index < -0.39 is 18.1 Å². The van der Waals surface area contributed by atoms with Crippen molar-refractivity contribution in [2.24, 2.45) is 0 Å². The molecule has 7 rings (SSSR count). The van der Waals surface area contributed by atoms with Crippen LogP contribution in [-0.4, -0.2) is 86.3 Å². The van der Waals surface area contributed by atoms with E-state index in [0.29, 0.717) is 45.6 Å². The molecule has 12 nitrogen and oxygen atoms in total. The predicted octanol–water partition coefficient (Wildman–Crippen LogP) is 5.24. The van der Waals surface area contributed by atoms with Gasteiger partial charge in [-0.25, -0.2) is 19.2 Å². The van der Waals surface area contributed by atoms with Crippen molar-refractivity contribution in [2.45, 2.75) is 77.1 Å². The largest absolute Gasteiger partial charge is 0.480 e. The third-order valence-electron chi connectivity index (χ3n) is 8.85. The first-order valence-electron chi connectivity index (χ1n) is 15.9. The molecule has 4 bridgehead atoms. The number of aliphatic carboxylic acids is 1. The van der Waals surface area contributed by atoms with Crippen LogP contribution in [0.15, 0.2) is 91.0 Å². The Morgan fingerprint density at radius 2 is 1.00 bits per heavy atom. The number of benzene rings is 3. The zero-order valence-corrected chi connectivity index (χ0v) is 25.9. The topological polar surface area (TPSA) is 129 Å². The smallest absolute Gasteiger partial charge is 0.345 e. The lowest BCUT2D eigenvalue weighted by Gasteiger charge is -2.28. The first kappa shape index (κ1) is 34.4. The molecule has 0 spiro atoms. The number of urea groups is 2. The number of hydrogen-bond donors (Lipinski definition) is 1. The second kappa shape index (κ2) is 15.8. The molecule has 1 N–H and O–H groups in total. The lowest BCUT2D eigenvalue weighted by Crippen LogP contribution is -2.45. The summed E-state index contributed by atoms with van der Waals surface area (Å²) in [5.74, 6) is -1.29. The summed E-state index contributed by atoms with van der Waals surface area (Å²) in [6, 6.07) is 26.9. The fraction of sp³-hybridized carbons (Fsp3) is 0.389. The van der Waals surface area contributed by atoms with Gasteiger partial charge in [-0.15, -0.1) is 0 Å². The van der Waals surface area contributed by atoms with Crippen molar-refractivity contribution in [1.29, 1.82) is 0 Å². The Morgan fingerprint density at radius 3 is 1.44 bits per heavy atom. The maximum Gasteiger partial charge on any atom is 0.345 e. The van der Waals surface area contributed by atoms with Gasteiger partial charge in [0, 0.05) is 13.1 Å². The Labute approximate surface area is 280 Å². The Balaban J connectivity index is 0.000000192. The van der Waals surface area contributed by atoms with E-state index in [1.807, 2.05) is 91.0 Å². The van der Waals surface area contributed by atoms with Crippen LogP contribution >= 0.6 is 0 Å². The summed E-state index contributed by atoms with van der Waals surface area (Å²) in [5.41, 5.74) is 2.91. The fourth-order valence-corrected chi connectivity index (χ4v) is 6.36. The molecule has 0 saturated carbocycles. The Bertz CT molecular complexity index is 1540. The van der Waals surface area contributed by atoms with E-state index in [-0.39, 0.29) is 44.1 Å². The summed E-state index contributed by atoms with van der Waals surface area (Å²) in [6.07, 6.45) is 2.46. The van der Waals surface area contributed by atoms with Crippen LogP contribution < -0.4 is 0 Å². The van der Waals surface area contributed by atoms with E-state index in [4.69, 9.17) is 19.5 Å². The molecule has 4 fully saturated rings. The van der Waals surface area contributed by atoms with E-state index in [0.717, 1.165) is 23.1 Å². The molecule has 0 radical (unpaired) electrons. The van der Waals surface area contributed by atoms with Crippen LogP contribution in [0.2, 0.25) is 0 Å². The number of amides is 4. The van der Waals surface area contributed by atoms with Crippen LogP contribution in [0.3, 0.4) is 0 Å². The molecule has 3 aromatic rings. The second-order valence-corrected chi connectivity index (χ2v) is 12.0. The van der Waals surface area contributed by atoms with Gasteiger partial charge in [-0.1, -0.05) is 98.4 Å². The number of esters is 1. The summed E-state index contributed by atoms with van der Waals surface area (Å²) < 4.78 is 5.44. The number of piperidine rings is 2. The number of nitrogens with zero attached hydrogens (tertiary/aromatic N) is 4. The molecule has 48 heavy (non-hydrogen) atoms. The molecule has 4 aliphatic heterocycles. The van der Waals surface area contributed by atoms with Gasteiger partial charge in [-0.05, 0) is 42.4 Å². The molecule has 12 heteroatoms. The van der Waals surface area contributed by atoms with E-state index in [2.05, 4.69) is 0 Å². The average Bonchev–Trinajstić information content (AvgIpc) is 3.49. The number of rotatable bonds is 10. The number of carboxylic acid groups (broad SMARTS) is 1. The van der Waals surface area contributed by atoms with Crippen molar-refractivity contribution in [1.82, 2.24) is 19.9 Å². The van der Waals surface area contributed by atoms with Gasteiger partial charge >= 0.3 is 24.0 Å². The number of carbonyl (C=O) groups excluding carboxylic acids is 3. The molecular formula is C36H42N4O8. The maximum absolute atomic E-state index is 12.7. The van der Waals surface area contributed by atoms with Crippen molar-refractivity contribution in [3.05, 3.63) is 108 Å². The van der Waals surface area contributed by atoms with Crippen LogP contribution in [0.5, 0.6) is 0 Å². The second-order valence-electron chi connectivity index (χ2n) is 12.0. The normalized spacial score (nSPS) is 22.5. The molecule has 254 valence electrons. The molecule has 0 aromatic heterocycles. The van der Waals surface area contributed by atoms with E-state index in [9.17, 15) is 19.2 Å². The Kier molecular flexibility index (Phi) is 11.3. The number of hydroxylamine groups is 4. The summed E-state index contributed by atoms with van der Waals surface area (Å²) in [6.45, 7) is 1.80. The molecule has 4 amide bonds. The lowest BCUT2D eigenvalue weighted by molar-refractivity contribution is -0.151. The first-order valence-corrected chi connectivity index (χ1v) is 15.9. The quantitative estimate of drug-likeness (QED) is 0.293. The van der Waals surface area contributed by atoms with Crippen LogP contribution in [0, 0.1) is 0 Å². The van der Waals surface area contributed by atoms with Gasteiger partial charge in [-0.2, -0.15) is 10.1 Å². The van der Waals surface area contributed by atoms with Gasteiger partial charge in [0.05, 0.1) is 12.1 Å². The lowest BCUT2D eigenvalue weighted by atomic mass is 10.0.